The minimum Gasteiger partial charge on any atom is -0.375 e. The first-order chi connectivity index (χ1) is 9.74. The molecule has 0 saturated heterocycles. The van der Waals surface area contributed by atoms with Crippen molar-refractivity contribution in [3.8, 4) is 0 Å². The maximum absolute atomic E-state index is 5.57. The molecule has 0 aliphatic rings. The minimum atomic E-state index is 0.648. The van der Waals surface area contributed by atoms with Crippen LogP contribution in [-0.4, -0.2) is 9.97 Å². The van der Waals surface area contributed by atoms with Crippen molar-refractivity contribution in [3.05, 3.63) is 53.5 Å². The second-order valence-corrected chi connectivity index (χ2v) is 6.24. The monoisotopic (exact) mass is 299 g/mol. The highest BCUT2D eigenvalue weighted by atomic mass is 32.1. The summed E-state index contributed by atoms with van der Waals surface area (Å²) < 4.78 is 2.43. The van der Waals surface area contributed by atoms with E-state index in [2.05, 4.69) is 16.0 Å². The van der Waals surface area contributed by atoms with E-state index >= 15 is 0 Å². The standard InChI is InChI=1S/C8H8N2S.C7H5NS/c1-5-3-2-4-6-7(5)10-8(9)11-6;1-2-4-7-6(3-1)8-5-9-7/h2-4H,1H3,(H2,9,10);1-5H. The summed E-state index contributed by atoms with van der Waals surface area (Å²) in [6.07, 6.45) is 0. The summed E-state index contributed by atoms with van der Waals surface area (Å²) in [7, 11) is 0. The molecule has 0 spiro atoms. The number of fused-ring (bicyclic) bond motifs is 2. The van der Waals surface area contributed by atoms with Crippen molar-refractivity contribution in [3.63, 3.8) is 0 Å². The number of hydrogen-bond donors (Lipinski definition) is 1. The summed E-state index contributed by atoms with van der Waals surface area (Å²) in [6, 6.07) is 14.2. The fourth-order valence-electron chi connectivity index (χ4n) is 1.91. The van der Waals surface area contributed by atoms with E-state index in [1.54, 1.807) is 11.3 Å². The summed E-state index contributed by atoms with van der Waals surface area (Å²) in [6.45, 7) is 2.04. The summed E-state index contributed by atoms with van der Waals surface area (Å²) >= 11 is 3.21. The van der Waals surface area contributed by atoms with Crippen molar-refractivity contribution in [1.29, 1.82) is 0 Å². The molecule has 2 N–H and O–H groups in total. The van der Waals surface area contributed by atoms with Gasteiger partial charge in [0.1, 0.15) is 0 Å². The Kier molecular flexibility index (Phi) is 3.62. The summed E-state index contributed by atoms with van der Waals surface area (Å²) in [4.78, 5) is 8.35. The van der Waals surface area contributed by atoms with E-state index in [-0.39, 0.29) is 0 Å². The number of para-hydroxylation sites is 2. The van der Waals surface area contributed by atoms with Gasteiger partial charge in [-0.25, -0.2) is 9.97 Å². The number of aryl methyl sites for hydroxylation is 1. The quantitative estimate of drug-likeness (QED) is 0.520. The predicted octanol–water partition coefficient (Wildman–Crippen LogP) is 4.48. The first kappa shape index (κ1) is 13.0. The van der Waals surface area contributed by atoms with Gasteiger partial charge in [-0.3, -0.25) is 0 Å². The molecule has 100 valence electrons. The Morgan fingerprint density at radius 1 is 1.00 bits per heavy atom. The van der Waals surface area contributed by atoms with E-state index in [0.29, 0.717) is 5.13 Å². The third-order valence-corrected chi connectivity index (χ3v) is 4.53. The van der Waals surface area contributed by atoms with Crippen molar-refractivity contribution >= 4 is 48.2 Å². The lowest BCUT2D eigenvalue weighted by Crippen LogP contribution is -1.80. The molecule has 2 aromatic carbocycles. The topological polar surface area (TPSA) is 51.8 Å². The van der Waals surface area contributed by atoms with Gasteiger partial charge in [-0.1, -0.05) is 35.6 Å². The first-order valence-electron chi connectivity index (χ1n) is 6.14. The normalized spacial score (nSPS) is 10.4. The zero-order valence-electron chi connectivity index (χ0n) is 10.9. The van der Waals surface area contributed by atoms with Crippen LogP contribution < -0.4 is 5.73 Å². The van der Waals surface area contributed by atoms with Gasteiger partial charge >= 0.3 is 0 Å². The lowest BCUT2D eigenvalue weighted by molar-refractivity contribution is 1.43. The molecule has 5 heteroatoms. The molecule has 0 atom stereocenters. The minimum absolute atomic E-state index is 0.648. The molecule has 20 heavy (non-hydrogen) atoms. The van der Waals surface area contributed by atoms with Crippen molar-refractivity contribution in [2.45, 2.75) is 6.92 Å². The Balaban J connectivity index is 0.000000123. The molecule has 3 nitrogen and oxygen atoms in total. The van der Waals surface area contributed by atoms with Gasteiger partial charge in [0.05, 0.1) is 25.9 Å². The molecule has 0 aliphatic heterocycles. The van der Waals surface area contributed by atoms with Gasteiger partial charge in [0.25, 0.3) is 0 Å². The van der Waals surface area contributed by atoms with Crippen LogP contribution in [0.25, 0.3) is 20.4 Å². The number of hydrogen-bond acceptors (Lipinski definition) is 5. The second-order valence-electron chi connectivity index (χ2n) is 4.29. The molecule has 4 rings (SSSR count). The largest absolute Gasteiger partial charge is 0.375 e. The van der Waals surface area contributed by atoms with Crippen molar-refractivity contribution < 1.29 is 0 Å². The number of thiazole rings is 2. The van der Waals surface area contributed by atoms with Crippen LogP contribution in [0.15, 0.2) is 48.0 Å². The van der Waals surface area contributed by atoms with Crippen molar-refractivity contribution in [2.24, 2.45) is 0 Å². The molecular weight excluding hydrogens is 286 g/mol. The van der Waals surface area contributed by atoms with Crippen LogP contribution >= 0.6 is 22.7 Å². The molecule has 0 saturated carbocycles. The Bertz CT molecular complexity index is 818. The third-order valence-electron chi connectivity index (χ3n) is 2.87. The van der Waals surface area contributed by atoms with Gasteiger partial charge in [-0.15, -0.1) is 11.3 Å². The van der Waals surface area contributed by atoms with Gasteiger partial charge in [-0.2, -0.15) is 0 Å². The lowest BCUT2D eigenvalue weighted by atomic mass is 10.2. The molecule has 0 radical (unpaired) electrons. The van der Waals surface area contributed by atoms with E-state index in [4.69, 9.17) is 5.73 Å². The highest BCUT2D eigenvalue weighted by molar-refractivity contribution is 7.22. The van der Waals surface area contributed by atoms with E-state index in [1.807, 2.05) is 48.8 Å². The number of nitrogen functional groups attached to an aromatic ring is 1. The number of nitrogens with two attached hydrogens (primary N) is 1. The molecule has 0 fully saturated rings. The molecule has 0 bridgehead atoms. The van der Waals surface area contributed by atoms with Crippen LogP contribution in [0.5, 0.6) is 0 Å². The van der Waals surface area contributed by atoms with E-state index in [1.165, 1.54) is 26.3 Å². The highest BCUT2D eigenvalue weighted by Gasteiger charge is 2.01. The first-order valence-corrected chi connectivity index (χ1v) is 7.83. The molecule has 2 aromatic heterocycles. The third kappa shape index (κ3) is 2.64. The number of rotatable bonds is 0. The summed E-state index contributed by atoms with van der Waals surface area (Å²) in [5.74, 6) is 0. The fraction of sp³-hybridized carbons (Fsp3) is 0.0667. The van der Waals surface area contributed by atoms with E-state index in [0.717, 1.165) is 11.0 Å². The Labute approximate surface area is 124 Å². The second kappa shape index (κ2) is 5.56. The molecular formula is C15H13N3S2. The van der Waals surface area contributed by atoms with Crippen molar-refractivity contribution in [2.75, 3.05) is 5.73 Å². The van der Waals surface area contributed by atoms with E-state index in [9.17, 15) is 0 Å². The Morgan fingerprint density at radius 3 is 2.60 bits per heavy atom. The molecule has 0 aliphatic carbocycles. The maximum Gasteiger partial charge on any atom is 0.181 e. The van der Waals surface area contributed by atoms with Gasteiger partial charge in [0.15, 0.2) is 5.13 Å². The predicted molar refractivity (Wildman–Crippen MR) is 88.4 cm³/mol. The Hall–Kier alpha value is -1.98. The van der Waals surface area contributed by atoms with Gasteiger partial charge < -0.3 is 5.73 Å². The zero-order valence-corrected chi connectivity index (χ0v) is 12.5. The van der Waals surface area contributed by atoms with Crippen LogP contribution in [0.4, 0.5) is 5.13 Å². The zero-order chi connectivity index (χ0) is 13.9. The maximum atomic E-state index is 5.57. The average Bonchev–Trinajstić information content (AvgIpc) is 3.05. The number of nitrogens with zero attached hydrogens (tertiary/aromatic N) is 2. The summed E-state index contributed by atoms with van der Waals surface area (Å²) in [5.41, 5.74) is 10.8. The Morgan fingerprint density at radius 2 is 1.80 bits per heavy atom. The van der Waals surface area contributed by atoms with Gasteiger partial charge in [0, 0.05) is 0 Å². The molecule has 4 aromatic rings. The lowest BCUT2D eigenvalue weighted by Gasteiger charge is -1.89. The van der Waals surface area contributed by atoms with Gasteiger partial charge in [-0.05, 0) is 30.7 Å². The number of anilines is 1. The van der Waals surface area contributed by atoms with E-state index < -0.39 is 0 Å². The SMILES string of the molecule is Cc1cccc2sc(N)nc12.c1ccc2scnc2c1. The van der Waals surface area contributed by atoms with Crippen LogP contribution in [0.2, 0.25) is 0 Å². The van der Waals surface area contributed by atoms with Crippen molar-refractivity contribution in [1.82, 2.24) is 9.97 Å². The summed E-state index contributed by atoms with van der Waals surface area (Å²) in [5, 5.41) is 0.648. The van der Waals surface area contributed by atoms with Crippen LogP contribution in [0, 0.1) is 6.92 Å². The van der Waals surface area contributed by atoms with Crippen LogP contribution in [-0.2, 0) is 0 Å². The van der Waals surface area contributed by atoms with Gasteiger partial charge in [0.2, 0.25) is 0 Å². The highest BCUT2D eigenvalue weighted by Crippen LogP contribution is 2.25. The van der Waals surface area contributed by atoms with Crippen LogP contribution in [0.3, 0.4) is 0 Å². The molecule has 2 heterocycles. The number of aromatic nitrogens is 2. The smallest absolute Gasteiger partial charge is 0.181 e. The number of benzene rings is 2. The molecule has 0 unspecified atom stereocenters. The average molecular weight is 299 g/mol. The van der Waals surface area contributed by atoms with Crippen LogP contribution in [0.1, 0.15) is 5.56 Å². The molecule has 0 amide bonds. The fourth-order valence-corrected chi connectivity index (χ4v) is 3.40.